The van der Waals surface area contributed by atoms with Crippen molar-refractivity contribution in [3.05, 3.63) is 24.3 Å². The second-order valence-electron chi connectivity index (χ2n) is 8.20. The number of benzene rings is 1. The summed E-state index contributed by atoms with van der Waals surface area (Å²) in [6, 6.07) is 2.56. The number of halogens is 3. The lowest BCUT2D eigenvalue weighted by Gasteiger charge is -2.37. The summed E-state index contributed by atoms with van der Waals surface area (Å²) < 4.78 is 52.6. The van der Waals surface area contributed by atoms with Crippen LogP contribution in [0.2, 0.25) is 0 Å². The number of carbonyl (C=O) groups excluding carboxylic acids is 3. The molecule has 1 aliphatic rings. The predicted molar refractivity (Wildman–Crippen MR) is 105 cm³/mol. The van der Waals surface area contributed by atoms with Gasteiger partial charge in [-0.05, 0) is 46.8 Å². The first-order chi connectivity index (χ1) is 14.1. The van der Waals surface area contributed by atoms with Crippen LogP contribution in [0.25, 0.3) is 0 Å². The van der Waals surface area contributed by atoms with Crippen molar-refractivity contribution in [2.24, 2.45) is 0 Å². The van der Waals surface area contributed by atoms with E-state index < -0.39 is 52.9 Å². The monoisotopic (exact) mass is 445 g/mol. The highest BCUT2D eigenvalue weighted by Gasteiger charge is 2.53. The molecule has 1 aliphatic heterocycles. The summed E-state index contributed by atoms with van der Waals surface area (Å²) in [5.74, 6) is -2.38. The number of nitrogens with one attached hydrogen (secondary N) is 1. The molecule has 0 saturated heterocycles. The van der Waals surface area contributed by atoms with Crippen molar-refractivity contribution >= 4 is 23.6 Å². The highest BCUT2D eigenvalue weighted by Crippen LogP contribution is 2.34. The third-order valence-electron chi connectivity index (χ3n) is 4.58. The van der Waals surface area contributed by atoms with Crippen LogP contribution >= 0.6 is 0 Å². The lowest BCUT2D eigenvalue weighted by atomic mass is 10.1. The van der Waals surface area contributed by atoms with Gasteiger partial charge in [0.25, 0.3) is 11.8 Å². The fourth-order valence-corrected chi connectivity index (χ4v) is 2.96. The van der Waals surface area contributed by atoms with Crippen LogP contribution in [0.15, 0.2) is 24.3 Å². The van der Waals surface area contributed by atoms with Crippen LogP contribution in [0.5, 0.6) is 5.75 Å². The standard InChI is InChI=1S/C20H26F3N3O5/c1-11(25(6)18(29)31-19(3,4)5)17(28)26(20(21,22)23)15-12(2)30-14-10-8-7-9-13(14)24-16(15)27/h7-12,15H,1-6H3,(H,24,27)/t11-,12-,15-/m0/s1. The summed E-state index contributed by atoms with van der Waals surface area (Å²) in [6.07, 6.45) is -7.51. The first-order valence-corrected chi connectivity index (χ1v) is 9.55. The molecule has 1 aromatic carbocycles. The third kappa shape index (κ3) is 5.59. The first kappa shape index (κ1) is 24.3. The van der Waals surface area contributed by atoms with E-state index in [4.69, 9.17) is 9.47 Å². The number of nitrogens with zero attached hydrogens (tertiary/aromatic N) is 2. The molecule has 8 nitrogen and oxygen atoms in total. The van der Waals surface area contributed by atoms with E-state index in [9.17, 15) is 27.6 Å². The number of hydrogen-bond acceptors (Lipinski definition) is 5. The number of alkyl halides is 3. The minimum absolute atomic E-state index is 0.180. The Morgan fingerprint density at radius 3 is 2.32 bits per heavy atom. The van der Waals surface area contributed by atoms with E-state index in [-0.39, 0.29) is 11.4 Å². The topological polar surface area (TPSA) is 88.2 Å². The van der Waals surface area contributed by atoms with Crippen LogP contribution in [-0.2, 0) is 14.3 Å². The van der Waals surface area contributed by atoms with Crippen LogP contribution in [0.4, 0.5) is 23.7 Å². The number of rotatable bonds is 3. The Hall–Kier alpha value is -2.98. The lowest BCUT2D eigenvalue weighted by molar-refractivity contribution is -0.256. The van der Waals surface area contributed by atoms with Gasteiger partial charge in [-0.3, -0.25) is 14.5 Å². The number of ether oxygens (including phenoxy) is 2. The van der Waals surface area contributed by atoms with E-state index in [0.717, 1.165) is 18.9 Å². The molecule has 2 rings (SSSR count). The van der Waals surface area contributed by atoms with Crippen molar-refractivity contribution in [3.8, 4) is 5.75 Å². The van der Waals surface area contributed by atoms with Crippen molar-refractivity contribution in [2.45, 2.75) is 64.7 Å². The molecule has 0 unspecified atom stereocenters. The van der Waals surface area contributed by atoms with Crippen molar-refractivity contribution in [1.82, 2.24) is 9.80 Å². The molecular weight excluding hydrogens is 419 g/mol. The van der Waals surface area contributed by atoms with Gasteiger partial charge >= 0.3 is 12.4 Å². The smallest absolute Gasteiger partial charge is 0.486 e. The second-order valence-corrected chi connectivity index (χ2v) is 8.20. The number of fused-ring (bicyclic) bond motifs is 1. The molecule has 3 atom stereocenters. The average molecular weight is 445 g/mol. The van der Waals surface area contributed by atoms with E-state index >= 15 is 0 Å². The molecule has 0 spiro atoms. The summed E-state index contributed by atoms with van der Waals surface area (Å²) in [5, 5.41) is 2.37. The van der Waals surface area contributed by atoms with Crippen molar-refractivity contribution in [1.29, 1.82) is 0 Å². The van der Waals surface area contributed by atoms with E-state index in [1.54, 1.807) is 32.9 Å². The maximum atomic E-state index is 14.0. The van der Waals surface area contributed by atoms with Crippen LogP contribution < -0.4 is 10.1 Å². The molecular formula is C20H26F3N3O5. The number of para-hydroxylation sites is 2. The zero-order chi connectivity index (χ0) is 23.7. The van der Waals surface area contributed by atoms with Gasteiger partial charge < -0.3 is 14.8 Å². The van der Waals surface area contributed by atoms with Crippen LogP contribution in [0, 0.1) is 0 Å². The zero-order valence-electron chi connectivity index (χ0n) is 18.1. The third-order valence-corrected chi connectivity index (χ3v) is 4.58. The summed E-state index contributed by atoms with van der Waals surface area (Å²) >= 11 is 0. The molecule has 0 aromatic heterocycles. The van der Waals surface area contributed by atoms with Gasteiger partial charge in [0.05, 0.1) is 5.69 Å². The van der Waals surface area contributed by atoms with E-state index in [0.29, 0.717) is 0 Å². The van der Waals surface area contributed by atoms with Crippen LogP contribution in [0.1, 0.15) is 34.6 Å². The number of carbonyl (C=O) groups is 3. The number of anilines is 1. The normalized spacial score (nSPS) is 19.8. The van der Waals surface area contributed by atoms with Gasteiger partial charge in [0.2, 0.25) is 0 Å². The van der Waals surface area contributed by atoms with Crippen molar-refractivity contribution in [3.63, 3.8) is 0 Å². The molecule has 1 N–H and O–H groups in total. The first-order valence-electron chi connectivity index (χ1n) is 9.55. The Morgan fingerprint density at radius 2 is 1.77 bits per heavy atom. The molecule has 3 amide bonds. The molecule has 31 heavy (non-hydrogen) atoms. The van der Waals surface area contributed by atoms with E-state index in [1.807, 2.05) is 0 Å². The molecule has 11 heteroatoms. The SMILES string of the molecule is C[C@@H]1Oc2ccccc2NC(=O)[C@H]1N(C(=O)[C@H](C)N(C)C(=O)OC(C)(C)C)C(F)(F)F. The van der Waals surface area contributed by atoms with Gasteiger partial charge in [-0.2, -0.15) is 0 Å². The molecule has 0 fully saturated rings. The lowest BCUT2D eigenvalue weighted by Crippen LogP contribution is -2.62. The Labute approximate surface area is 178 Å². The fraction of sp³-hybridized carbons (Fsp3) is 0.550. The predicted octanol–water partition coefficient (Wildman–Crippen LogP) is 3.38. The minimum Gasteiger partial charge on any atom is -0.486 e. The molecule has 0 saturated carbocycles. The summed E-state index contributed by atoms with van der Waals surface area (Å²) in [7, 11) is 1.15. The Morgan fingerprint density at radius 1 is 1.19 bits per heavy atom. The number of hydrogen-bond donors (Lipinski definition) is 1. The van der Waals surface area contributed by atoms with Gasteiger partial charge in [-0.25, -0.2) is 9.69 Å². The molecule has 1 aromatic rings. The second kappa shape index (κ2) is 8.64. The van der Waals surface area contributed by atoms with E-state index in [2.05, 4.69) is 5.32 Å². The van der Waals surface area contributed by atoms with Crippen molar-refractivity contribution in [2.75, 3.05) is 12.4 Å². The van der Waals surface area contributed by atoms with Gasteiger partial charge in [0, 0.05) is 7.05 Å². The summed E-state index contributed by atoms with van der Waals surface area (Å²) in [5.41, 5.74) is -0.719. The molecule has 1 heterocycles. The quantitative estimate of drug-likeness (QED) is 0.721. The Kier molecular flexibility index (Phi) is 6.77. The average Bonchev–Trinajstić information content (AvgIpc) is 2.74. The van der Waals surface area contributed by atoms with Crippen LogP contribution in [0.3, 0.4) is 0 Å². The molecule has 0 radical (unpaired) electrons. The highest BCUT2D eigenvalue weighted by atomic mass is 19.4. The van der Waals surface area contributed by atoms with Gasteiger partial charge in [0.1, 0.15) is 23.5 Å². The fourth-order valence-electron chi connectivity index (χ4n) is 2.96. The van der Waals surface area contributed by atoms with Crippen molar-refractivity contribution < 1.29 is 37.0 Å². The van der Waals surface area contributed by atoms with Crippen LogP contribution in [-0.4, -0.2) is 64.8 Å². The number of amides is 3. The largest absolute Gasteiger partial charge is 0.488 e. The van der Waals surface area contributed by atoms with Gasteiger partial charge in [0.15, 0.2) is 6.04 Å². The van der Waals surface area contributed by atoms with E-state index in [1.165, 1.54) is 19.1 Å². The molecule has 0 aliphatic carbocycles. The van der Waals surface area contributed by atoms with Gasteiger partial charge in [-0.15, -0.1) is 13.2 Å². The molecule has 0 bridgehead atoms. The zero-order valence-corrected chi connectivity index (χ0v) is 18.1. The summed E-state index contributed by atoms with van der Waals surface area (Å²) in [6.45, 7) is 7.14. The number of likely N-dealkylation sites (N-methyl/N-ethyl adjacent to an activating group) is 1. The summed E-state index contributed by atoms with van der Waals surface area (Å²) in [4.78, 5) is 38.1. The van der Waals surface area contributed by atoms with Gasteiger partial charge in [-0.1, -0.05) is 12.1 Å². The Bertz CT molecular complexity index is 853. The maximum absolute atomic E-state index is 14.0. The highest BCUT2D eigenvalue weighted by molar-refractivity contribution is 6.00. The maximum Gasteiger partial charge on any atom is 0.488 e. The minimum atomic E-state index is -5.21. The Balaban J connectivity index is 2.36. The molecule has 172 valence electrons.